The highest BCUT2D eigenvalue weighted by Gasteiger charge is 2.57. The minimum absolute atomic E-state index is 0.0343. The van der Waals surface area contributed by atoms with Crippen LogP contribution in [0.5, 0.6) is 0 Å². The monoisotopic (exact) mass is 431 g/mol. The maximum Gasteiger partial charge on any atom is 0.244 e. The summed E-state index contributed by atoms with van der Waals surface area (Å²) in [7, 11) is 0. The lowest BCUT2D eigenvalue weighted by Crippen LogP contribution is -2.59. The van der Waals surface area contributed by atoms with Gasteiger partial charge in [0.25, 0.3) is 0 Å². The van der Waals surface area contributed by atoms with Crippen LogP contribution in [0.1, 0.15) is 65.0 Å². The fourth-order valence-corrected chi connectivity index (χ4v) is 4.34. The predicted molar refractivity (Wildman–Crippen MR) is 117 cm³/mol. The number of hydrogen-bond donors (Lipinski definition) is 1. The Balaban J connectivity index is 1.62. The highest BCUT2D eigenvalue weighted by molar-refractivity contribution is 5.93. The van der Waals surface area contributed by atoms with Gasteiger partial charge in [0.15, 0.2) is 0 Å². The maximum atomic E-state index is 13.7. The van der Waals surface area contributed by atoms with Crippen molar-refractivity contribution in [3.63, 3.8) is 0 Å². The molecule has 1 aromatic rings. The zero-order valence-corrected chi connectivity index (χ0v) is 18.6. The summed E-state index contributed by atoms with van der Waals surface area (Å²) in [4.78, 5) is 19.2. The van der Waals surface area contributed by atoms with E-state index in [1.807, 2.05) is 32.9 Å². The van der Waals surface area contributed by atoms with Crippen molar-refractivity contribution in [2.75, 3.05) is 6.67 Å². The number of rotatable bonds is 8. The topological polar surface area (TPSA) is 53.9 Å². The van der Waals surface area contributed by atoms with Crippen LogP contribution >= 0.6 is 0 Å². The Morgan fingerprint density at radius 1 is 1.29 bits per heavy atom. The summed E-state index contributed by atoms with van der Waals surface area (Å²) in [5.41, 5.74) is 0.674. The molecular weight excluding hydrogens is 400 g/mol. The van der Waals surface area contributed by atoms with Crippen molar-refractivity contribution in [2.45, 2.75) is 71.1 Å². The van der Waals surface area contributed by atoms with E-state index in [4.69, 9.17) is 4.74 Å². The molecule has 1 spiro atoms. The summed E-state index contributed by atoms with van der Waals surface area (Å²) < 4.78 is 33.4. The molecule has 1 saturated heterocycles. The first kappa shape index (κ1) is 23.1. The Hall–Kier alpha value is -2.54. The van der Waals surface area contributed by atoms with Gasteiger partial charge in [-0.2, -0.15) is 0 Å². The Morgan fingerprint density at radius 2 is 1.97 bits per heavy atom. The molecule has 1 amide bonds. The van der Waals surface area contributed by atoms with Gasteiger partial charge in [0.1, 0.15) is 23.3 Å². The lowest BCUT2D eigenvalue weighted by molar-refractivity contribution is -0.142. The summed E-state index contributed by atoms with van der Waals surface area (Å²) in [5, 5.41) is 3.32. The number of carbonyl (C=O) groups is 1. The Morgan fingerprint density at radius 3 is 2.58 bits per heavy atom. The standard InChI is InChI=1S/C24H31F2N3O2/c1-5-7-8-27-16(3)9-17(4)31-21-13-24(14-21)23(30)29(15-28-24)22(6-2)18-10-19(25)12-20(26)11-18/h7-12,21-22,28H,5-6,13-15H2,1-4H3/b8-7-,17-9+,27-16-. The summed E-state index contributed by atoms with van der Waals surface area (Å²) in [6.45, 7) is 8.11. The molecule has 0 aromatic heterocycles. The van der Waals surface area contributed by atoms with Gasteiger partial charge in [0.2, 0.25) is 5.91 Å². The number of allylic oxidation sites excluding steroid dienone is 3. The van der Waals surface area contributed by atoms with Crippen LogP contribution in [-0.2, 0) is 9.53 Å². The highest BCUT2D eigenvalue weighted by Crippen LogP contribution is 2.42. The molecule has 1 aliphatic carbocycles. The molecule has 1 heterocycles. The zero-order valence-electron chi connectivity index (χ0n) is 18.6. The molecule has 1 aromatic carbocycles. The van der Waals surface area contributed by atoms with E-state index in [-0.39, 0.29) is 18.1 Å². The Bertz CT molecular complexity index is 884. The fourth-order valence-electron chi connectivity index (χ4n) is 4.34. The van der Waals surface area contributed by atoms with Gasteiger partial charge in [-0.25, -0.2) is 8.78 Å². The molecule has 1 atom stereocenters. The van der Waals surface area contributed by atoms with Crippen molar-refractivity contribution in [3.8, 4) is 0 Å². The van der Waals surface area contributed by atoms with E-state index < -0.39 is 17.2 Å². The van der Waals surface area contributed by atoms with Crippen molar-refractivity contribution in [1.29, 1.82) is 0 Å². The van der Waals surface area contributed by atoms with Gasteiger partial charge in [-0.3, -0.25) is 15.1 Å². The molecule has 0 bridgehead atoms. The van der Waals surface area contributed by atoms with E-state index in [0.717, 1.165) is 24.0 Å². The first-order valence-electron chi connectivity index (χ1n) is 10.8. The molecular formula is C24H31F2N3O2. The van der Waals surface area contributed by atoms with Gasteiger partial charge < -0.3 is 9.64 Å². The third-order valence-electron chi connectivity index (χ3n) is 5.83. The molecule has 1 N–H and O–H groups in total. The van der Waals surface area contributed by atoms with Crippen LogP contribution in [0.4, 0.5) is 8.78 Å². The van der Waals surface area contributed by atoms with Crippen LogP contribution < -0.4 is 5.32 Å². The van der Waals surface area contributed by atoms with Crippen molar-refractivity contribution < 1.29 is 18.3 Å². The average molecular weight is 432 g/mol. The summed E-state index contributed by atoms with van der Waals surface area (Å²) in [6, 6.07) is 3.07. The lowest BCUT2D eigenvalue weighted by Gasteiger charge is -2.43. The first-order chi connectivity index (χ1) is 14.8. The van der Waals surface area contributed by atoms with Crippen molar-refractivity contribution in [3.05, 3.63) is 59.5 Å². The van der Waals surface area contributed by atoms with Crippen LogP contribution in [0.25, 0.3) is 0 Å². The maximum absolute atomic E-state index is 13.7. The molecule has 1 aliphatic heterocycles. The van der Waals surface area contributed by atoms with E-state index >= 15 is 0 Å². The van der Waals surface area contributed by atoms with E-state index in [0.29, 0.717) is 31.5 Å². The number of ether oxygens (including phenoxy) is 1. The lowest BCUT2D eigenvalue weighted by atomic mass is 9.74. The second-order valence-electron chi connectivity index (χ2n) is 8.29. The average Bonchev–Trinajstić information content (AvgIpc) is 2.99. The molecule has 168 valence electrons. The SMILES string of the molecule is CC\C=C/N=C(C)\C=C(/C)OC1CC2(C1)NCN(C(CC)c1cc(F)cc(F)c1)C2=O. The van der Waals surface area contributed by atoms with E-state index in [2.05, 4.69) is 17.2 Å². The van der Waals surface area contributed by atoms with Crippen LogP contribution in [-0.4, -0.2) is 34.8 Å². The molecule has 2 aliphatic rings. The number of halogens is 2. The van der Waals surface area contributed by atoms with E-state index in [1.54, 1.807) is 11.1 Å². The molecule has 7 heteroatoms. The first-order valence-corrected chi connectivity index (χ1v) is 10.8. The van der Waals surface area contributed by atoms with Gasteiger partial charge in [0, 0.05) is 30.8 Å². The van der Waals surface area contributed by atoms with Crippen LogP contribution in [0.3, 0.4) is 0 Å². The largest absolute Gasteiger partial charge is 0.495 e. The Kier molecular flexibility index (Phi) is 7.26. The van der Waals surface area contributed by atoms with Gasteiger partial charge >= 0.3 is 0 Å². The van der Waals surface area contributed by atoms with E-state index in [1.165, 1.54) is 12.1 Å². The number of benzene rings is 1. The minimum atomic E-state index is -0.656. The van der Waals surface area contributed by atoms with Gasteiger partial charge in [-0.15, -0.1) is 0 Å². The van der Waals surface area contributed by atoms with Crippen molar-refractivity contribution >= 4 is 11.6 Å². The van der Waals surface area contributed by atoms with Gasteiger partial charge in [0.05, 0.1) is 18.5 Å². The molecule has 3 rings (SSSR count). The van der Waals surface area contributed by atoms with Crippen LogP contribution in [0.15, 0.2) is 47.3 Å². The number of nitrogens with zero attached hydrogens (tertiary/aromatic N) is 2. The minimum Gasteiger partial charge on any atom is -0.495 e. The third-order valence-corrected chi connectivity index (χ3v) is 5.83. The number of hydrogen-bond acceptors (Lipinski definition) is 4. The summed E-state index contributed by atoms with van der Waals surface area (Å²) in [5.74, 6) is -0.541. The smallest absolute Gasteiger partial charge is 0.244 e. The van der Waals surface area contributed by atoms with Gasteiger partial charge in [-0.1, -0.05) is 19.9 Å². The molecule has 5 nitrogen and oxygen atoms in total. The normalized spacial score (nSPS) is 25.4. The van der Waals surface area contributed by atoms with Crippen LogP contribution in [0.2, 0.25) is 0 Å². The van der Waals surface area contributed by atoms with Crippen LogP contribution in [0, 0.1) is 11.6 Å². The molecule has 0 radical (unpaired) electrons. The number of nitrogens with one attached hydrogen (secondary N) is 1. The molecule has 1 saturated carbocycles. The highest BCUT2D eigenvalue weighted by atomic mass is 19.1. The number of amides is 1. The fraction of sp³-hybridized carbons (Fsp3) is 0.500. The number of carbonyl (C=O) groups excluding carboxylic acids is 1. The van der Waals surface area contributed by atoms with E-state index in [9.17, 15) is 13.6 Å². The quantitative estimate of drug-likeness (QED) is 0.465. The summed E-state index contributed by atoms with van der Waals surface area (Å²) >= 11 is 0. The predicted octanol–water partition coefficient (Wildman–Crippen LogP) is 5.01. The Labute approximate surface area is 182 Å². The molecule has 1 unspecified atom stereocenters. The van der Waals surface area contributed by atoms with Gasteiger partial charge in [-0.05, 0) is 50.5 Å². The molecule has 31 heavy (non-hydrogen) atoms. The van der Waals surface area contributed by atoms with Crippen molar-refractivity contribution in [2.24, 2.45) is 4.99 Å². The second kappa shape index (κ2) is 9.73. The zero-order chi connectivity index (χ0) is 22.6. The summed E-state index contributed by atoms with van der Waals surface area (Å²) in [6.07, 6.45) is 8.21. The second-order valence-corrected chi connectivity index (χ2v) is 8.29. The number of aliphatic imine (C=N–C) groups is 1. The van der Waals surface area contributed by atoms with Crippen molar-refractivity contribution in [1.82, 2.24) is 10.2 Å². The third kappa shape index (κ3) is 5.21. The molecule has 2 fully saturated rings.